The molecule has 0 aliphatic carbocycles. The van der Waals surface area contributed by atoms with Gasteiger partial charge in [0, 0.05) is 13.1 Å². The summed E-state index contributed by atoms with van der Waals surface area (Å²) in [7, 11) is 0. The zero-order valence-electron chi connectivity index (χ0n) is 10.1. The number of nitrogens with one attached hydrogen (secondary N) is 1. The van der Waals surface area contributed by atoms with Gasteiger partial charge in [-0.25, -0.2) is 9.78 Å². The van der Waals surface area contributed by atoms with E-state index in [4.69, 9.17) is 9.15 Å². The Kier molecular flexibility index (Phi) is 3.63. The summed E-state index contributed by atoms with van der Waals surface area (Å²) < 4.78 is 10.6. The molecule has 0 spiro atoms. The van der Waals surface area contributed by atoms with Crippen LogP contribution in [-0.4, -0.2) is 42.2 Å². The molecule has 1 unspecified atom stereocenters. The fraction of sp³-hybridized carbons (Fsp3) is 0.636. The highest BCUT2D eigenvalue weighted by atomic mass is 16.5. The molecule has 0 radical (unpaired) electrons. The van der Waals surface area contributed by atoms with E-state index in [0.29, 0.717) is 32.2 Å². The van der Waals surface area contributed by atoms with E-state index in [1.165, 1.54) is 0 Å². The Balaban J connectivity index is 1.89. The molecule has 1 atom stereocenters. The monoisotopic (exact) mass is 239 g/mol. The smallest absolute Gasteiger partial charge is 0.318 e. The van der Waals surface area contributed by atoms with Crippen molar-refractivity contribution in [2.45, 2.75) is 19.9 Å². The highest BCUT2D eigenvalue weighted by molar-refractivity contribution is 5.74. The summed E-state index contributed by atoms with van der Waals surface area (Å²) in [6, 6.07) is -0.323. The summed E-state index contributed by atoms with van der Waals surface area (Å²) in [6.45, 7) is 6.13. The van der Waals surface area contributed by atoms with E-state index < -0.39 is 0 Å². The molecule has 1 fully saturated rings. The lowest BCUT2D eigenvalue weighted by atomic mass is 10.3. The third-order valence-corrected chi connectivity index (χ3v) is 2.65. The lowest BCUT2D eigenvalue weighted by Crippen LogP contribution is -2.46. The first-order valence-corrected chi connectivity index (χ1v) is 5.72. The van der Waals surface area contributed by atoms with Crippen LogP contribution in [0.5, 0.6) is 0 Å². The van der Waals surface area contributed by atoms with Crippen LogP contribution in [0, 0.1) is 6.92 Å². The molecule has 2 rings (SSSR count). The molecular formula is C11H17N3O3. The number of aromatic nitrogens is 1. The standard InChI is InChI=1S/C11H17N3O3/c1-8-7-12-10(17-8)9(2)13-11(15)14-3-5-16-6-4-14/h7,9H,3-6H2,1-2H3,(H,13,15). The van der Waals surface area contributed by atoms with E-state index in [2.05, 4.69) is 10.3 Å². The van der Waals surface area contributed by atoms with Crippen LogP contribution in [0.15, 0.2) is 10.6 Å². The SMILES string of the molecule is Cc1cnc(C(C)NC(=O)N2CCOCC2)o1. The molecule has 1 N–H and O–H groups in total. The quantitative estimate of drug-likeness (QED) is 0.838. The van der Waals surface area contributed by atoms with E-state index in [9.17, 15) is 4.79 Å². The van der Waals surface area contributed by atoms with Crippen LogP contribution in [0.25, 0.3) is 0 Å². The van der Waals surface area contributed by atoms with Crippen molar-refractivity contribution in [1.29, 1.82) is 0 Å². The van der Waals surface area contributed by atoms with Crippen LogP contribution < -0.4 is 5.32 Å². The fourth-order valence-corrected chi connectivity index (χ4v) is 1.68. The number of carbonyl (C=O) groups is 1. The van der Waals surface area contributed by atoms with Gasteiger partial charge in [-0.1, -0.05) is 0 Å². The van der Waals surface area contributed by atoms with Gasteiger partial charge in [0.15, 0.2) is 0 Å². The summed E-state index contributed by atoms with van der Waals surface area (Å²) in [6.07, 6.45) is 1.65. The van der Waals surface area contributed by atoms with Gasteiger partial charge in [0.25, 0.3) is 0 Å². The summed E-state index contributed by atoms with van der Waals surface area (Å²) in [4.78, 5) is 17.7. The number of rotatable bonds is 2. The predicted molar refractivity (Wildman–Crippen MR) is 60.6 cm³/mol. The molecule has 2 heterocycles. The van der Waals surface area contributed by atoms with Gasteiger partial charge < -0.3 is 19.4 Å². The number of amides is 2. The van der Waals surface area contributed by atoms with Gasteiger partial charge in [-0.2, -0.15) is 0 Å². The van der Waals surface area contributed by atoms with Gasteiger partial charge >= 0.3 is 6.03 Å². The average molecular weight is 239 g/mol. The minimum Gasteiger partial charge on any atom is -0.444 e. The average Bonchev–Trinajstić information content (AvgIpc) is 2.77. The summed E-state index contributed by atoms with van der Waals surface area (Å²) in [5.74, 6) is 1.27. The predicted octanol–water partition coefficient (Wildman–Crippen LogP) is 1.09. The number of oxazole rings is 1. The van der Waals surface area contributed by atoms with E-state index >= 15 is 0 Å². The molecule has 1 aromatic rings. The third kappa shape index (κ3) is 2.97. The van der Waals surface area contributed by atoms with Crippen molar-refractivity contribution in [3.05, 3.63) is 17.8 Å². The highest BCUT2D eigenvalue weighted by Gasteiger charge is 2.20. The zero-order chi connectivity index (χ0) is 12.3. The van der Waals surface area contributed by atoms with Gasteiger partial charge in [0.1, 0.15) is 11.8 Å². The number of morpholine rings is 1. The Morgan fingerprint density at radius 2 is 2.24 bits per heavy atom. The van der Waals surface area contributed by atoms with Gasteiger partial charge in [-0.05, 0) is 13.8 Å². The van der Waals surface area contributed by atoms with Crippen molar-refractivity contribution in [1.82, 2.24) is 15.2 Å². The van der Waals surface area contributed by atoms with Crippen molar-refractivity contribution in [2.75, 3.05) is 26.3 Å². The van der Waals surface area contributed by atoms with Gasteiger partial charge in [0.2, 0.25) is 5.89 Å². The van der Waals surface area contributed by atoms with Crippen LogP contribution >= 0.6 is 0 Å². The molecule has 6 heteroatoms. The molecule has 0 bridgehead atoms. The van der Waals surface area contributed by atoms with Crippen molar-refractivity contribution < 1.29 is 13.9 Å². The van der Waals surface area contributed by atoms with Crippen molar-refractivity contribution >= 4 is 6.03 Å². The lowest BCUT2D eigenvalue weighted by molar-refractivity contribution is 0.0524. The number of hydrogen-bond donors (Lipinski definition) is 1. The first-order chi connectivity index (χ1) is 8.16. The number of hydrogen-bond acceptors (Lipinski definition) is 4. The van der Waals surface area contributed by atoms with Crippen molar-refractivity contribution in [2.24, 2.45) is 0 Å². The summed E-state index contributed by atoms with van der Waals surface area (Å²) >= 11 is 0. The van der Waals surface area contributed by atoms with E-state index in [1.54, 1.807) is 11.1 Å². The van der Waals surface area contributed by atoms with Crippen molar-refractivity contribution in [3.8, 4) is 0 Å². The number of urea groups is 1. The second-order valence-electron chi connectivity index (χ2n) is 4.08. The molecule has 1 aliphatic heterocycles. The molecule has 1 saturated heterocycles. The molecule has 2 amide bonds. The number of carbonyl (C=O) groups excluding carboxylic acids is 1. The van der Waals surface area contributed by atoms with Crippen LogP contribution in [0.2, 0.25) is 0 Å². The van der Waals surface area contributed by atoms with Crippen LogP contribution in [-0.2, 0) is 4.74 Å². The minimum atomic E-state index is -0.223. The summed E-state index contributed by atoms with van der Waals surface area (Å²) in [5, 5.41) is 2.85. The second kappa shape index (κ2) is 5.18. The molecule has 1 aliphatic rings. The first-order valence-electron chi connectivity index (χ1n) is 5.72. The molecule has 0 aromatic carbocycles. The number of aryl methyl sites for hydroxylation is 1. The third-order valence-electron chi connectivity index (χ3n) is 2.65. The second-order valence-corrected chi connectivity index (χ2v) is 4.08. The normalized spacial score (nSPS) is 17.9. The van der Waals surface area contributed by atoms with E-state index in [1.807, 2.05) is 13.8 Å². The number of nitrogens with zero attached hydrogens (tertiary/aromatic N) is 2. The van der Waals surface area contributed by atoms with Crippen molar-refractivity contribution in [3.63, 3.8) is 0 Å². The Morgan fingerprint density at radius 3 is 2.82 bits per heavy atom. The molecule has 0 saturated carbocycles. The van der Waals surface area contributed by atoms with Gasteiger partial charge in [-0.15, -0.1) is 0 Å². The number of ether oxygens (including phenoxy) is 1. The Morgan fingerprint density at radius 1 is 1.53 bits per heavy atom. The largest absolute Gasteiger partial charge is 0.444 e. The lowest BCUT2D eigenvalue weighted by Gasteiger charge is -2.27. The zero-order valence-corrected chi connectivity index (χ0v) is 10.1. The Hall–Kier alpha value is -1.56. The Labute approximate surface area is 99.9 Å². The fourth-order valence-electron chi connectivity index (χ4n) is 1.68. The van der Waals surface area contributed by atoms with Gasteiger partial charge in [-0.3, -0.25) is 0 Å². The molecular weight excluding hydrogens is 222 g/mol. The maximum atomic E-state index is 11.9. The Bertz CT molecular complexity index is 385. The molecule has 94 valence electrons. The van der Waals surface area contributed by atoms with E-state index in [-0.39, 0.29) is 12.1 Å². The van der Waals surface area contributed by atoms with Crippen LogP contribution in [0.3, 0.4) is 0 Å². The van der Waals surface area contributed by atoms with Crippen LogP contribution in [0.1, 0.15) is 24.6 Å². The first kappa shape index (κ1) is 11.9. The molecule has 1 aromatic heterocycles. The minimum absolute atomic E-state index is 0.100. The topological polar surface area (TPSA) is 67.6 Å². The van der Waals surface area contributed by atoms with Crippen LogP contribution in [0.4, 0.5) is 4.79 Å². The van der Waals surface area contributed by atoms with E-state index in [0.717, 1.165) is 5.76 Å². The van der Waals surface area contributed by atoms with Gasteiger partial charge in [0.05, 0.1) is 19.4 Å². The molecule has 17 heavy (non-hydrogen) atoms. The molecule has 6 nitrogen and oxygen atoms in total. The highest BCUT2D eigenvalue weighted by Crippen LogP contribution is 2.12. The summed E-state index contributed by atoms with van der Waals surface area (Å²) in [5.41, 5.74) is 0. The maximum absolute atomic E-state index is 11.9. The maximum Gasteiger partial charge on any atom is 0.318 e.